The predicted molar refractivity (Wildman–Crippen MR) is 121 cm³/mol. The number of rotatable bonds is 5. The minimum Gasteiger partial charge on any atom is -0.444 e. The van der Waals surface area contributed by atoms with E-state index in [-0.39, 0.29) is 11.5 Å². The molecule has 2 heterocycles. The van der Waals surface area contributed by atoms with E-state index in [9.17, 15) is 14.0 Å². The lowest BCUT2D eigenvalue weighted by Gasteiger charge is -2.24. The SMILES string of the molecule is CCNC(=O)c1c(-c2ccccn2)c([C@H](C)NC(=O)OC(C)(C)C)nc2ccc(F)cc12. The molecule has 0 saturated heterocycles. The number of pyridine rings is 2. The van der Waals surface area contributed by atoms with Crippen molar-refractivity contribution < 1.29 is 18.7 Å². The van der Waals surface area contributed by atoms with Crippen LogP contribution in [0.25, 0.3) is 22.2 Å². The molecule has 2 aromatic heterocycles. The standard InChI is InChI=1S/C24H27FN4O3/c1-6-26-22(30)19-16-13-15(25)10-11-17(16)29-21(20(19)18-9-7-8-12-27-18)14(2)28-23(31)32-24(3,4)5/h7-14H,6H2,1-5H3,(H,26,30)(H,28,31)/t14-/m0/s1. The fourth-order valence-electron chi connectivity index (χ4n) is 3.38. The highest BCUT2D eigenvalue weighted by atomic mass is 19.1. The molecule has 0 aliphatic rings. The fraction of sp³-hybridized carbons (Fsp3) is 0.333. The molecule has 1 aromatic carbocycles. The summed E-state index contributed by atoms with van der Waals surface area (Å²) in [5.74, 6) is -0.860. The first kappa shape index (κ1) is 23.1. The Morgan fingerprint density at radius 2 is 1.94 bits per heavy atom. The van der Waals surface area contributed by atoms with Gasteiger partial charge in [-0.25, -0.2) is 14.2 Å². The Kier molecular flexibility index (Phi) is 6.72. The lowest BCUT2D eigenvalue weighted by Crippen LogP contribution is -2.35. The number of amides is 2. The Morgan fingerprint density at radius 3 is 2.56 bits per heavy atom. The second-order valence-corrected chi connectivity index (χ2v) is 8.35. The van der Waals surface area contributed by atoms with E-state index in [0.717, 1.165) is 0 Å². The average Bonchev–Trinajstić information content (AvgIpc) is 2.71. The van der Waals surface area contributed by atoms with Crippen molar-refractivity contribution in [3.8, 4) is 11.3 Å². The van der Waals surface area contributed by atoms with Gasteiger partial charge in [0.15, 0.2) is 0 Å². The zero-order valence-corrected chi connectivity index (χ0v) is 18.8. The quantitative estimate of drug-likeness (QED) is 0.598. The van der Waals surface area contributed by atoms with Gasteiger partial charge < -0.3 is 15.4 Å². The van der Waals surface area contributed by atoms with Crippen LogP contribution in [-0.4, -0.2) is 34.1 Å². The number of fused-ring (bicyclic) bond motifs is 1. The fourth-order valence-corrected chi connectivity index (χ4v) is 3.38. The van der Waals surface area contributed by atoms with Crippen molar-refractivity contribution in [2.75, 3.05) is 6.54 Å². The van der Waals surface area contributed by atoms with E-state index in [1.54, 1.807) is 59.0 Å². The summed E-state index contributed by atoms with van der Waals surface area (Å²) in [6.07, 6.45) is 0.986. The molecule has 2 amide bonds. The van der Waals surface area contributed by atoms with Crippen LogP contribution < -0.4 is 10.6 Å². The number of hydrogen-bond acceptors (Lipinski definition) is 5. The maximum atomic E-state index is 14.1. The van der Waals surface area contributed by atoms with E-state index < -0.39 is 23.6 Å². The summed E-state index contributed by atoms with van der Waals surface area (Å²) in [7, 11) is 0. The van der Waals surface area contributed by atoms with Crippen LogP contribution in [0.1, 0.15) is 56.7 Å². The summed E-state index contributed by atoms with van der Waals surface area (Å²) in [4.78, 5) is 34.7. The lowest BCUT2D eigenvalue weighted by molar-refractivity contribution is 0.0507. The van der Waals surface area contributed by atoms with Gasteiger partial charge in [0.25, 0.3) is 5.91 Å². The van der Waals surface area contributed by atoms with Crippen LogP contribution in [0.3, 0.4) is 0 Å². The van der Waals surface area contributed by atoms with Crippen LogP contribution >= 0.6 is 0 Å². The Hall–Kier alpha value is -3.55. The molecule has 0 aliphatic heterocycles. The number of halogens is 1. The van der Waals surface area contributed by atoms with Crippen LogP contribution in [0.5, 0.6) is 0 Å². The molecule has 7 nitrogen and oxygen atoms in total. The van der Waals surface area contributed by atoms with E-state index in [2.05, 4.69) is 20.6 Å². The van der Waals surface area contributed by atoms with Gasteiger partial charge in [-0.15, -0.1) is 0 Å². The topological polar surface area (TPSA) is 93.2 Å². The van der Waals surface area contributed by atoms with E-state index in [4.69, 9.17) is 4.74 Å². The van der Waals surface area contributed by atoms with Crippen molar-refractivity contribution in [1.82, 2.24) is 20.6 Å². The third-order valence-electron chi connectivity index (χ3n) is 4.60. The number of carbonyl (C=O) groups excluding carboxylic acids is 2. The highest BCUT2D eigenvalue weighted by Gasteiger charge is 2.27. The number of ether oxygens (including phenoxy) is 1. The summed E-state index contributed by atoms with van der Waals surface area (Å²) in [5, 5.41) is 5.94. The molecule has 32 heavy (non-hydrogen) atoms. The molecule has 2 N–H and O–H groups in total. The number of carbonyl (C=O) groups is 2. The highest BCUT2D eigenvalue weighted by molar-refractivity contribution is 6.11. The van der Waals surface area contributed by atoms with Crippen molar-refractivity contribution in [3.63, 3.8) is 0 Å². The first-order chi connectivity index (χ1) is 15.1. The van der Waals surface area contributed by atoms with Crippen molar-refractivity contribution in [1.29, 1.82) is 0 Å². The molecular weight excluding hydrogens is 411 g/mol. The van der Waals surface area contributed by atoms with Crippen molar-refractivity contribution >= 4 is 22.9 Å². The Morgan fingerprint density at radius 1 is 1.19 bits per heavy atom. The normalized spacial score (nSPS) is 12.3. The molecule has 1 atom stereocenters. The Bertz CT molecular complexity index is 1140. The van der Waals surface area contributed by atoms with Crippen molar-refractivity contribution in [2.45, 2.75) is 46.3 Å². The first-order valence-electron chi connectivity index (χ1n) is 10.4. The van der Waals surface area contributed by atoms with Crippen LogP contribution in [0.15, 0.2) is 42.6 Å². The lowest BCUT2D eigenvalue weighted by atomic mass is 9.94. The van der Waals surface area contributed by atoms with Gasteiger partial charge in [-0.05, 0) is 65.0 Å². The summed E-state index contributed by atoms with van der Waals surface area (Å²) in [6.45, 7) is 9.25. The summed E-state index contributed by atoms with van der Waals surface area (Å²) < 4.78 is 19.5. The predicted octanol–water partition coefficient (Wildman–Crippen LogP) is 4.77. The number of nitrogens with zero attached hydrogens (tertiary/aromatic N) is 2. The zero-order chi connectivity index (χ0) is 23.5. The monoisotopic (exact) mass is 438 g/mol. The Balaban J connectivity index is 2.26. The second kappa shape index (κ2) is 9.30. The van der Waals surface area contributed by atoms with Gasteiger partial charge in [0.1, 0.15) is 11.4 Å². The molecule has 3 rings (SSSR count). The van der Waals surface area contributed by atoms with Gasteiger partial charge in [-0.1, -0.05) is 6.07 Å². The van der Waals surface area contributed by atoms with E-state index >= 15 is 0 Å². The molecule has 0 saturated carbocycles. The van der Waals surface area contributed by atoms with E-state index in [0.29, 0.717) is 34.4 Å². The molecule has 3 aromatic rings. The van der Waals surface area contributed by atoms with Crippen molar-refractivity contribution in [3.05, 3.63) is 59.7 Å². The number of hydrogen-bond donors (Lipinski definition) is 2. The number of nitrogens with one attached hydrogen (secondary N) is 2. The third kappa shape index (κ3) is 5.19. The molecule has 0 radical (unpaired) electrons. The molecule has 0 aliphatic carbocycles. The largest absolute Gasteiger partial charge is 0.444 e. The number of aromatic nitrogens is 2. The maximum Gasteiger partial charge on any atom is 0.408 e. The summed E-state index contributed by atoms with van der Waals surface area (Å²) in [6, 6.07) is 8.75. The van der Waals surface area contributed by atoms with Gasteiger partial charge in [-0.2, -0.15) is 0 Å². The number of alkyl carbamates (subject to hydrolysis) is 1. The Labute approximate surface area is 186 Å². The third-order valence-corrected chi connectivity index (χ3v) is 4.60. The first-order valence-corrected chi connectivity index (χ1v) is 10.4. The van der Waals surface area contributed by atoms with Gasteiger partial charge in [0, 0.05) is 23.7 Å². The molecule has 8 heteroatoms. The van der Waals surface area contributed by atoms with Crippen LogP contribution in [0, 0.1) is 5.82 Å². The zero-order valence-electron chi connectivity index (χ0n) is 18.8. The van der Waals surface area contributed by atoms with Gasteiger partial charge in [-0.3, -0.25) is 9.78 Å². The molecule has 0 spiro atoms. The van der Waals surface area contributed by atoms with Crippen LogP contribution in [-0.2, 0) is 4.74 Å². The highest BCUT2D eigenvalue weighted by Crippen LogP contribution is 2.34. The molecule has 0 unspecified atom stereocenters. The van der Waals surface area contributed by atoms with E-state index in [1.807, 2.05) is 0 Å². The van der Waals surface area contributed by atoms with Gasteiger partial charge >= 0.3 is 6.09 Å². The summed E-state index contributed by atoms with van der Waals surface area (Å²) in [5.41, 5.74) is 1.35. The maximum absolute atomic E-state index is 14.1. The minimum atomic E-state index is -0.672. The molecule has 0 bridgehead atoms. The molecule has 168 valence electrons. The number of benzene rings is 1. The van der Waals surface area contributed by atoms with Crippen LogP contribution in [0.4, 0.5) is 9.18 Å². The van der Waals surface area contributed by atoms with Crippen molar-refractivity contribution in [2.24, 2.45) is 0 Å². The van der Waals surface area contributed by atoms with Gasteiger partial charge in [0.05, 0.1) is 28.5 Å². The summed E-state index contributed by atoms with van der Waals surface area (Å²) >= 11 is 0. The van der Waals surface area contributed by atoms with Crippen LogP contribution in [0.2, 0.25) is 0 Å². The smallest absolute Gasteiger partial charge is 0.408 e. The van der Waals surface area contributed by atoms with Gasteiger partial charge in [0.2, 0.25) is 0 Å². The minimum absolute atomic E-state index is 0.253. The average molecular weight is 439 g/mol. The molecular formula is C24H27FN4O3. The molecule has 0 fully saturated rings. The van der Waals surface area contributed by atoms with E-state index in [1.165, 1.54) is 18.2 Å². The second-order valence-electron chi connectivity index (χ2n) is 8.35.